The van der Waals surface area contributed by atoms with Gasteiger partial charge in [-0.2, -0.15) is 5.26 Å². The van der Waals surface area contributed by atoms with Crippen LogP contribution in [0.2, 0.25) is 5.02 Å². The van der Waals surface area contributed by atoms with E-state index in [4.69, 9.17) is 22.1 Å². The number of benzene rings is 2. The first kappa shape index (κ1) is 28.3. The van der Waals surface area contributed by atoms with Gasteiger partial charge in [0, 0.05) is 49.2 Å². The minimum Gasteiger partial charge on any atom is -0.491 e. The predicted molar refractivity (Wildman–Crippen MR) is 149 cm³/mol. The van der Waals surface area contributed by atoms with Gasteiger partial charge in [0.05, 0.1) is 29.0 Å². The monoisotopic (exact) mass is 549 g/mol. The average Bonchev–Trinajstić information content (AvgIpc) is 2.92. The Morgan fingerprint density at radius 2 is 2.00 bits per heavy atom. The number of hydrogen-bond donors (Lipinski definition) is 3. The summed E-state index contributed by atoms with van der Waals surface area (Å²) in [6.45, 7) is 5.53. The van der Waals surface area contributed by atoms with E-state index in [1.54, 1.807) is 38.2 Å². The molecule has 2 aromatic carbocycles. The van der Waals surface area contributed by atoms with Crippen molar-refractivity contribution in [3.05, 3.63) is 88.2 Å². The number of pyridine rings is 1. The fraction of sp³-hybridized carbons (Fsp3) is 0.345. The third-order valence-electron chi connectivity index (χ3n) is 6.78. The molecule has 1 aliphatic rings. The zero-order valence-electron chi connectivity index (χ0n) is 21.9. The standard InChI is InChI=1S/C29H32ClN5O4/c1-19(36)17-39-25-7-8-26(21(12-25)13-31)35-10-9-34(16-27(35)20-3-5-24(30)6-4-20)18-29(2,38)23-11-22(28(32)37)14-33-15-23/h3-8,11-12,14-15,19,27,36,38H,9-10,16-18H2,1-2H3,(H2,32,37)/t19-,27-,29+/m0/s1. The number of ether oxygens (including phenoxy) is 1. The predicted octanol–water partition coefficient (Wildman–Crippen LogP) is 3.24. The molecule has 0 bridgehead atoms. The number of primary amides is 1. The van der Waals surface area contributed by atoms with Gasteiger partial charge in [-0.05, 0) is 55.8 Å². The molecule has 4 N–H and O–H groups in total. The molecule has 204 valence electrons. The summed E-state index contributed by atoms with van der Waals surface area (Å²) in [6, 6.07) is 16.7. The molecule has 0 spiro atoms. The number of β-amino-alcohol motifs (C(OH)–C–C–N with tert-alkyl or cyclic N) is 1. The van der Waals surface area contributed by atoms with Crippen molar-refractivity contribution in [2.24, 2.45) is 5.73 Å². The van der Waals surface area contributed by atoms with E-state index in [1.165, 1.54) is 6.20 Å². The van der Waals surface area contributed by atoms with Gasteiger partial charge in [0.25, 0.3) is 0 Å². The lowest BCUT2D eigenvalue weighted by molar-refractivity contribution is 0.00998. The number of aromatic nitrogens is 1. The molecule has 0 saturated carbocycles. The Morgan fingerprint density at radius 1 is 1.26 bits per heavy atom. The highest BCUT2D eigenvalue weighted by Gasteiger charge is 2.34. The number of hydrogen-bond acceptors (Lipinski definition) is 8. The van der Waals surface area contributed by atoms with Crippen molar-refractivity contribution < 1.29 is 19.7 Å². The number of nitrogens with zero attached hydrogens (tertiary/aromatic N) is 4. The number of carbonyl (C=O) groups excluding carboxylic acids is 1. The molecular weight excluding hydrogens is 518 g/mol. The number of nitrogens with two attached hydrogens (primary N) is 1. The molecule has 0 unspecified atom stereocenters. The van der Waals surface area contributed by atoms with Crippen LogP contribution in [0.3, 0.4) is 0 Å². The third kappa shape index (κ3) is 6.85. The van der Waals surface area contributed by atoms with E-state index in [-0.39, 0.29) is 18.2 Å². The molecule has 10 heteroatoms. The summed E-state index contributed by atoms with van der Waals surface area (Å²) in [5, 5.41) is 31.5. The molecular formula is C29H32ClN5O4. The SMILES string of the molecule is C[C@H](O)COc1ccc(N2CCN(C[C@@](C)(O)c3cncc(C(N)=O)c3)C[C@H]2c2ccc(Cl)cc2)c(C#N)c1. The first-order valence-electron chi connectivity index (χ1n) is 12.6. The number of anilines is 1. The van der Waals surface area contributed by atoms with Crippen LogP contribution in [0.5, 0.6) is 5.75 Å². The number of halogens is 1. The van der Waals surface area contributed by atoms with Gasteiger partial charge in [0.2, 0.25) is 5.91 Å². The maximum atomic E-state index is 11.6. The molecule has 1 aromatic heterocycles. The van der Waals surface area contributed by atoms with Gasteiger partial charge in [-0.25, -0.2) is 0 Å². The molecule has 3 atom stereocenters. The van der Waals surface area contributed by atoms with Crippen molar-refractivity contribution in [3.8, 4) is 11.8 Å². The van der Waals surface area contributed by atoms with Crippen LogP contribution in [0.25, 0.3) is 0 Å². The van der Waals surface area contributed by atoms with E-state index >= 15 is 0 Å². The van der Waals surface area contributed by atoms with Crippen LogP contribution < -0.4 is 15.4 Å². The fourth-order valence-corrected chi connectivity index (χ4v) is 4.93. The number of aliphatic hydroxyl groups is 2. The number of amides is 1. The number of piperazine rings is 1. The van der Waals surface area contributed by atoms with Gasteiger partial charge in [0.15, 0.2) is 0 Å². The zero-order valence-corrected chi connectivity index (χ0v) is 22.7. The second-order valence-electron chi connectivity index (χ2n) is 10.0. The van der Waals surface area contributed by atoms with Crippen molar-refractivity contribution in [1.29, 1.82) is 5.26 Å². The Morgan fingerprint density at radius 3 is 2.67 bits per heavy atom. The lowest BCUT2D eigenvalue weighted by atomic mass is 9.94. The molecule has 0 aliphatic carbocycles. The molecule has 1 saturated heterocycles. The maximum Gasteiger partial charge on any atom is 0.250 e. The second-order valence-corrected chi connectivity index (χ2v) is 10.5. The van der Waals surface area contributed by atoms with Gasteiger partial charge in [-0.1, -0.05) is 23.7 Å². The Balaban J connectivity index is 1.62. The maximum absolute atomic E-state index is 11.6. The Labute approximate surface area is 233 Å². The summed E-state index contributed by atoms with van der Waals surface area (Å²) >= 11 is 6.17. The normalized spacial score (nSPS) is 18.2. The van der Waals surface area contributed by atoms with Crippen molar-refractivity contribution in [3.63, 3.8) is 0 Å². The third-order valence-corrected chi connectivity index (χ3v) is 7.04. The molecule has 1 aliphatic heterocycles. The van der Waals surface area contributed by atoms with Gasteiger partial charge < -0.3 is 25.6 Å². The average molecular weight is 550 g/mol. The highest BCUT2D eigenvalue weighted by atomic mass is 35.5. The Hall–Kier alpha value is -3.68. The summed E-state index contributed by atoms with van der Waals surface area (Å²) in [4.78, 5) is 20.1. The van der Waals surface area contributed by atoms with Crippen molar-refractivity contribution >= 4 is 23.2 Å². The minimum atomic E-state index is -1.29. The van der Waals surface area contributed by atoms with Crippen LogP contribution in [0.15, 0.2) is 60.9 Å². The first-order chi connectivity index (χ1) is 18.6. The van der Waals surface area contributed by atoms with Crippen LogP contribution >= 0.6 is 11.6 Å². The van der Waals surface area contributed by atoms with E-state index < -0.39 is 17.6 Å². The Bertz CT molecular complexity index is 1360. The van der Waals surface area contributed by atoms with E-state index in [2.05, 4.69) is 20.9 Å². The lowest BCUT2D eigenvalue weighted by Gasteiger charge is -2.45. The van der Waals surface area contributed by atoms with Crippen LogP contribution in [0, 0.1) is 11.3 Å². The number of aliphatic hydroxyl groups excluding tert-OH is 1. The van der Waals surface area contributed by atoms with Gasteiger partial charge in [0.1, 0.15) is 24.0 Å². The van der Waals surface area contributed by atoms with Gasteiger partial charge >= 0.3 is 0 Å². The van der Waals surface area contributed by atoms with Crippen LogP contribution in [-0.4, -0.2) is 64.9 Å². The molecule has 4 rings (SSSR count). The lowest BCUT2D eigenvalue weighted by Crippen LogP contribution is -2.52. The van der Waals surface area contributed by atoms with Crippen molar-refractivity contribution in [2.75, 3.05) is 37.7 Å². The molecule has 39 heavy (non-hydrogen) atoms. The first-order valence-corrected chi connectivity index (χ1v) is 13.0. The Kier molecular flexibility index (Phi) is 8.73. The van der Waals surface area contributed by atoms with Crippen LogP contribution in [0.1, 0.15) is 46.9 Å². The molecule has 1 amide bonds. The highest BCUT2D eigenvalue weighted by molar-refractivity contribution is 6.30. The molecule has 9 nitrogen and oxygen atoms in total. The summed E-state index contributed by atoms with van der Waals surface area (Å²) in [7, 11) is 0. The summed E-state index contributed by atoms with van der Waals surface area (Å²) in [6.07, 6.45) is 2.30. The molecule has 0 radical (unpaired) electrons. The second kappa shape index (κ2) is 12.0. The molecule has 2 heterocycles. The number of carbonyl (C=O) groups is 1. The minimum absolute atomic E-state index is 0.133. The van der Waals surface area contributed by atoms with Crippen molar-refractivity contribution in [1.82, 2.24) is 9.88 Å². The zero-order chi connectivity index (χ0) is 28.2. The smallest absolute Gasteiger partial charge is 0.250 e. The van der Waals surface area contributed by atoms with E-state index in [0.717, 1.165) is 11.3 Å². The van der Waals surface area contributed by atoms with E-state index in [1.807, 2.05) is 30.3 Å². The largest absolute Gasteiger partial charge is 0.491 e. The van der Waals surface area contributed by atoms with Crippen LogP contribution in [0.4, 0.5) is 5.69 Å². The number of rotatable bonds is 9. The van der Waals surface area contributed by atoms with Crippen LogP contribution in [-0.2, 0) is 5.60 Å². The van der Waals surface area contributed by atoms with Gasteiger partial charge in [-0.3, -0.25) is 14.7 Å². The highest BCUT2D eigenvalue weighted by Crippen LogP contribution is 2.36. The number of nitriles is 1. The quantitative estimate of drug-likeness (QED) is 0.370. The summed E-state index contributed by atoms with van der Waals surface area (Å²) < 4.78 is 5.61. The molecule has 1 fully saturated rings. The van der Waals surface area contributed by atoms with Crippen molar-refractivity contribution in [2.45, 2.75) is 31.6 Å². The fourth-order valence-electron chi connectivity index (χ4n) is 4.80. The topological polar surface area (TPSA) is 136 Å². The summed E-state index contributed by atoms with van der Waals surface area (Å²) in [5.41, 5.74) is 7.11. The van der Waals surface area contributed by atoms with E-state index in [9.17, 15) is 20.3 Å². The summed E-state index contributed by atoms with van der Waals surface area (Å²) in [5.74, 6) is -0.0899. The molecule has 3 aromatic rings. The van der Waals surface area contributed by atoms with E-state index in [0.29, 0.717) is 48.1 Å². The van der Waals surface area contributed by atoms with Gasteiger partial charge in [-0.15, -0.1) is 0 Å².